The van der Waals surface area contributed by atoms with Crippen LogP contribution in [0, 0.1) is 12.8 Å². The Hall–Kier alpha value is -1.35. The van der Waals surface area contributed by atoms with Gasteiger partial charge in [-0.3, -0.25) is 4.79 Å². The van der Waals surface area contributed by atoms with Gasteiger partial charge in [-0.2, -0.15) is 0 Å². The molecule has 1 aliphatic heterocycles. The van der Waals surface area contributed by atoms with Crippen LogP contribution < -0.4 is 5.32 Å². The van der Waals surface area contributed by atoms with Gasteiger partial charge < -0.3 is 10.1 Å². The average Bonchev–Trinajstić information content (AvgIpc) is 2.40. The number of ether oxygens (including phenoxy) is 1. The molecule has 0 aromatic heterocycles. The topological polar surface area (TPSA) is 38.3 Å². The van der Waals surface area contributed by atoms with Gasteiger partial charge in [0, 0.05) is 6.61 Å². The Morgan fingerprint density at radius 1 is 1.39 bits per heavy atom. The Morgan fingerprint density at radius 2 is 2.11 bits per heavy atom. The van der Waals surface area contributed by atoms with Crippen molar-refractivity contribution < 1.29 is 9.53 Å². The van der Waals surface area contributed by atoms with Crippen molar-refractivity contribution >= 4 is 5.91 Å². The van der Waals surface area contributed by atoms with E-state index in [0.29, 0.717) is 6.61 Å². The summed E-state index contributed by atoms with van der Waals surface area (Å²) in [5.41, 5.74) is 2.38. The van der Waals surface area contributed by atoms with Gasteiger partial charge >= 0.3 is 0 Å². The molecule has 98 valence electrons. The van der Waals surface area contributed by atoms with E-state index in [2.05, 4.69) is 36.5 Å². The molecule has 1 fully saturated rings. The summed E-state index contributed by atoms with van der Waals surface area (Å²) in [7, 11) is 0. The fraction of sp³-hybridized carbons (Fsp3) is 0.533. The molecule has 3 heteroatoms. The molecule has 0 unspecified atom stereocenters. The lowest BCUT2D eigenvalue weighted by Crippen LogP contribution is -2.36. The van der Waals surface area contributed by atoms with Gasteiger partial charge in [-0.1, -0.05) is 29.8 Å². The first kappa shape index (κ1) is 13.1. The number of carbonyl (C=O) groups is 1. The Labute approximate surface area is 109 Å². The zero-order valence-corrected chi connectivity index (χ0v) is 11.1. The van der Waals surface area contributed by atoms with Crippen molar-refractivity contribution in [2.24, 2.45) is 5.92 Å². The van der Waals surface area contributed by atoms with Crippen molar-refractivity contribution in [1.29, 1.82) is 0 Å². The molecule has 18 heavy (non-hydrogen) atoms. The van der Waals surface area contributed by atoms with Crippen LogP contribution in [0.5, 0.6) is 0 Å². The summed E-state index contributed by atoms with van der Waals surface area (Å²) in [5.74, 6) is 0.134. The van der Waals surface area contributed by atoms with E-state index < -0.39 is 0 Å². The quantitative estimate of drug-likeness (QED) is 0.891. The van der Waals surface area contributed by atoms with Crippen LogP contribution in [0.1, 0.15) is 36.9 Å². The van der Waals surface area contributed by atoms with Crippen LogP contribution in [0.2, 0.25) is 0 Å². The minimum atomic E-state index is 0.0200. The standard InChI is InChI=1S/C15H21NO2/c1-11-5-7-13(8-6-11)12(2)16-15(17)14-4-3-9-18-10-14/h5-8,12,14H,3-4,9-10H2,1-2H3,(H,16,17)/t12-,14-/m1/s1. The third-order valence-electron chi connectivity index (χ3n) is 3.47. The van der Waals surface area contributed by atoms with Crippen LogP contribution in [0.4, 0.5) is 0 Å². The molecule has 0 radical (unpaired) electrons. The van der Waals surface area contributed by atoms with Crippen LogP contribution in [0.3, 0.4) is 0 Å². The maximum Gasteiger partial charge on any atom is 0.225 e. The van der Waals surface area contributed by atoms with Crippen molar-refractivity contribution in [2.45, 2.75) is 32.7 Å². The van der Waals surface area contributed by atoms with Gasteiger partial charge in [-0.25, -0.2) is 0 Å². The highest BCUT2D eigenvalue weighted by Gasteiger charge is 2.23. The van der Waals surface area contributed by atoms with E-state index in [0.717, 1.165) is 25.0 Å². The lowest BCUT2D eigenvalue weighted by Gasteiger charge is -2.23. The smallest absolute Gasteiger partial charge is 0.225 e. The molecule has 3 nitrogen and oxygen atoms in total. The van der Waals surface area contributed by atoms with Crippen LogP contribution in [0.25, 0.3) is 0 Å². The largest absolute Gasteiger partial charge is 0.381 e. The number of hydrogen-bond acceptors (Lipinski definition) is 2. The van der Waals surface area contributed by atoms with Gasteiger partial charge in [0.05, 0.1) is 18.6 Å². The predicted molar refractivity (Wildman–Crippen MR) is 71.3 cm³/mol. The number of aryl methyl sites for hydroxylation is 1. The van der Waals surface area contributed by atoms with E-state index in [1.165, 1.54) is 5.56 Å². The summed E-state index contributed by atoms with van der Waals surface area (Å²) < 4.78 is 5.35. The highest BCUT2D eigenvalue weighted by Crippen LogP contribution is 2.17. The lowest BCUT2D eigenvalue weighted by atomic mass is 10.00. The van der Waals surface area contributed by atoms with E-state index >= 15 is 0 Å². The van der Waals surface area contributed by atoms with Gasteiger partial charge in [0.15, 0.2) is 0 Å². The molecule has 2 atom stereocenters. The molecule has 1 amide bonds. The zero-order chi connectivity index (χ0) is 13.0. The van der Waals surface area contributed by atoms with E-state index in [9.17, 15) is 4.79 Å². The van der Waals surface area contributed by atoms with E-state index in [4.69, 9.17) is 4.74 Å². The van der Waals surface area contributed by atoms with Crippen LogP contribution in [0.15, 0.2) is 24.3 Å². The second-order valence-electron chi connectivity index (χ2n) is 5.06. The minimum absolute atomic E-state index is 0.0200. The average molecular weight is 247 g/mol. The Morgan fingerprint density at radius 3 is 2.72 bits per heavy atom. The van der Waals surface area contributed by atoms with Crippen molar-refractivity contribution in [3.8, 4) is 0 Å². The summed E-state index contributed by atoms with van der Waals surface area (Å²) in [4.78, 5) is 12.1. The molecule has 1 saturated heterocycles. The molecule has 0 aliphatic carbocycles. The number of rotatable bonds is 3. The van der Waals surface area contributed by atoms with Crippen LogP contribution in [-0.4, -0.2) is 19.1 Å². The summed E-state index contributed by atoms with van der Waals surface area (Å²) in [6.07, 6.45) is 1.92. The summed E-state index contributed by atoms with van der Waals surface area (Å²) in [6, 6.07) is 8.33. The summed E-state index contributed by atoms with van der Waals surface area (Å²) in [6.45, 7) is 5.43. The number of amides is 1. The molecule has 0 spiro atoms. The molecule has 0 bridgehead atoms. The molecule has 0 saturated carbocycles. The van der Waals surface area contributed by atoms with Crippen molar-refractivity contribution in [3.63, 3.8) is 0 Å². The zero-order valence-electron chi connectivity index (χ0n) is 11.1. The van der Waals surface area contributed by atoms with Gasteiger partial charge in [0.25, 0.3) is 0 Å². The Kier molecular flexibility index (Phi) is 4.37. The summed E-state index contributed by atoms with van der Waals surface area (Å²) >= 11 is 0. The normalized spacial score (nSPS) is 21.3. The lowest BCUT2D eigenvalue weighted by molar-refractivity contribution is -0.129. The Balaban J connectivity index is 1.91. The molecule has 1 aromatic carbocycles. The van der Waals surface area contributed by atoms with Gasteiger partial charge in [-0.05, 0) is 32.3 Å². The Bertz CT molecular complexity index is 393. The molecule has 2 rings (SSSR count). The van der Waals surface area contributed by atoms with Crippen LogP contribution >= 0.6 is 0 Å². The highest BCUT2D eigenvalue weighted by molar-refractivity contribution is 5.79. The third-order valence-corrected chi connectivity index (χ3v) is 3.47. The fourth-order valence-electron chi connectivity index (χ4n) is 2.22. The van der Waals surface area contributed by atoms with Crippen molar-refractivity contribution in [2.75, 3.05) is 13.2 Å². The second kappa shape index (κ2) is 6.01. The first-order valence-electron chi connectivity index (χ1n) is 6.61. The fourth-order valence-corrected chi connectivity index (χ4v) is 2.22. The van der Waals surface area contributed by atoms with Crippen LogP contribution in [-0.2, 0) is 9.53 Å². The predicted octanol–water partition coefficient (Wildman–Crippen LogP) is 2.60. The third kappa shape index (κ3) is 3.33. The van der Waals surface area contributed by atoms with E-state index in [1.807, 2.05) is 6.92 Å². The van der Waals surface area contributed by atoms with Gasteiger partial charge in [-0.15, -0.1) is 0 Å². The maximum absolute atomic E-state index is 12.1. The first-order chi connectivity index (χ1) is 8.66. The van der Waals surface area contributed by atoms with E-state index in [-0.39, 0.29) is 17.9 Å². The number of hydrogen-bond donors (Lipinski definition) is 1. The van der Waals surface area contributed by atoms with Gasteiger partial charge in [0.1, 0.15) is 0 Å². The summed E-state index contributed by atoms with van der Waals surface area (Å²) in [5, 5.41) is 3.07. The monoisotopic (exact) mass is 247 g/mol. The number of nitrogens with one attached hydrogen (secondary N) is 1. The molecule has 1 aliphatic rings. The number of carbonyl (C=O) groups excluding carboxylic acids is 1. The molecule has 1 aromatic rings. The molecule has 1 heterocycles. The van der Waals surface area contributed by atoms with E-state index in [1.54, 1.807) is 0 Å². The van der Waals surface area contributed by atoms with Crippen molar-refractivity contribution in [3.05, 3.63) is 35.4 Å². The SMILES string of the molecule is Cc1ccc([C@@H](C)NC(=O)[C@@H]2CCCOC2)cc1. The second-order valence-corrected chi connectivity index (χ2v) is 5.06. The minimum Gasteiger partial charge on any atom is -0.381 e. The molecular weight excluding hydrogens is 226 g/mol. The number of benzene rings is 1. The molecule has 1 N–H and O–H groups in total. The van der Waals surface area contributed by atoms with Crippen molar-refractivity contribution in [1.82, 2.24) is 5.32 Å². The first-order valence-corrected chi connectivity index (χ1v) is 6.61. The molecular formula is C15H21NO2. The maximum atomic E-state index is 12.1. The van der Waals surface area contributed by atoms with Gasteiger partial charge in [0.2, 0.25) is 5.91 Å². The highest BCUT2D eigenvalue weighted by atomic mass is 16.5.